The first kappa shape index (κ1) is 19.2. The van der Waals surface area contributed by atoms with Gasteiger partial charge in [-0.1, -0.05) is 27.2 Å². The van der Waals surface area contributed by atoms with Crippen LogP contribution in [0.4, 0.5) is 0 Å². The van der Waals surface area contributed by atoms with Crippen molar-refractivity contribution >= 4 is 11.7 Å². The standard InChI is InChI=1S/C20H34N4O2/c1-6-15-9-13(2)24(12-15)19(25)11-21-17-8-7-16(20(17,4)5)10-18-22-14(3)26-23-18/h13,15-17,21H,3,6-12H2,1-2,4-5H3,(H,22,23). The molecule has 146 valence electrons. The van der Waals surface area contributed by atoms with Crippen LogP contribution in [0.1, 0.15) is 59.8 Å². The Kier molecular flexibility index (Phi) is 5.61. The van der Waals surface area contributed by atoms with Gasteiger partial charge in [-0.3, -0.25) is 4.79 Å². The average Bonchev–Trinajstić information content (AvgIpc) is 3.25. The summed E-state index contributed by atoms with van der Waals surface area (Å²) in [5.74, 6) is 2.71. The molecule has 0 aromatic rings. The molecular formula is C20H34N4O2. The summed E-state index contributed by atoms with van der Waals surface area (Å²) in [5, 5.41) is 3.57. The second-order valence-corrected chi connectivity index (χ2v) is 8.79. The fourth-order valence-electron chi connectivity index (χ4n) is 4.86. The van der Waals surface area contributed by atoms with E-state index in [4.69, 9.17) is 4.84 Å². The summed E-state index contributed by atoms with van der Waals surface area (Å²) in [5.41, 5.74) is 2.97. The van der Waals surface area contributed by atoms with Gasteiger partial charge in [-0.05, 0) is 50.0 Å². The lowest BCUT2D eigenvalue weighted by Gasteiger charge is -2.34. The smallest absolute Gasteiger partial charge is 0.240 e. The van der Waals surface area contributed by atoms with Crippen molar-refractivity contribution in [2.75, 3.05) is 13.1 Å². The highest BCUT2D eigenvalue weighted by molar-refractivity contribution is 5.83. The van der Waals surface area contributed by atoms with Gasteiger partial charge in [-0.25, -0.2) is 5.48 Å². The fraction of sp³-hybridized carbons (Fsp3) is 0.800. The largest absolute Gasteiger partial charge is 0.361 e. The normalized spacial score (nSPS) is 33.2. The molecule has 2 fully saturated rings. The zero-order chi connectivity index (χ0) is 18.9. The van der Waals surface area contributed by atoms with Crippen LogP contribution in [0.3, 0.4) is 0 Å². The Bertz CT molecular complexity index is 586. The molecule has 2 N–H and O–H groups in total. The van der Waals surface area contributed by atoms with E-state index < -0.39 is 0 Å². The van der Waals surface area contributed by atoms with Gasteiger partial charge >= 0.3 is 0 Å². The second-order valence-electron chi connectivity index (χ2n) is 8.79. The lowest BCUT2D eigenvalue weighted by atomic mass is 9.77. The Hall–Kier alpha value is -1.56. The maximum atomic E-state index is 12.7. The number of rotatable bonds is 6. The van der Waals surface area contributed by atoms with Crippen LogP contribution < -0.4 is 10.8 Å². The van der Waals surface area contributed by atoms with Crippen molar-refractivity contribution in [1.29, 1.82) is 0 Å². The van der Waals surface area contributed by atoms with Crippen molar-refractivity contribution in [3.8, 4) is 0 Å². The molecule has 0 bridgehead atoms. The highest BCUT2D eigenvalue weighted by Crippen LogP contribution is 2.45. The molecule has 0 aromatic heterocycles. The zero-order valence-electron chi connectivity index (χ0n) is 16.7. The molecule has 2 heterocycles. The molecule has 3 rings (SSSR count). The Morgan fingerprint density at radius 2 is 2.23 bits per heavy atom. The van der Waals surface area contributed by atoms with Gasteiger partial charge in [0.05, 0.1) is 6.54 Å². The summed E-state index contributed by atoms with van der Waals surface area (Å²) in [4.78, 5) is 24.2. The van der Waals surface area contributed by atoms with Crippen LogP contribution in [-0.2, 0) is 9.63 Å². The monoisotopic (exact) mass is 362 g/mol. The minimum atomic E-state index is 0.108. The van der Waals surface area contributed by atoms with E-state index in [0.29, 0.717) is 36.3 Å². The Morgan fingerprint density at radius 1 is 1.46 bits per heavy atom. The molecule has 1 saturated heterocycles. The summed E-state index contributed by atoms with van der Waals surface area (Å²) in [6.07, 6.45) is 5.38. The predicted molar refractivity (Wildman–Crippen MR) is 103 cm³/mol. The van der Waals surface area contributed by atoms with E-state index in [2.05, 4.69) is 55.0 Å². The number of nitrogens with zero attached hydrogens (tertiary/aromatic N) is 2. The number of carbonyl (C=O) groups excluding carboxylic acids is 1. The molecule has 1 saturated carbocycles. The SMILES string of the molecule is C=C1N=C(CC2CCC(NCC(=O)N3CC(CC)CC3C)C2(C)C)NO1. The molecule has 0 spiro atoms. The summed E-state index contributed by atoms with van der Waals surface area (Å²) in [7, 11) is 0. The molecule has 6 nitrogen and oxygen atoms in total. The number of hydrogen-bond donors (Lipinski definition) is 2. The third-order valence-corrected chi connectivity index (χ3v) is 6.80. The van der Waals surface area contributed by atoms with E-state index in [1.165, 1.54) is 0 Å². The van der Waals surface area contributed by atoms with Crippen LogP contribution in [0.15, 0.2) is 17.5 Å². The first-order chi connectivity index (χ1) is 12.3. The van der Waals surface area contributed by atoms with Gasteiger partial charge in [-0.2, -0.15) is 4.99 Å². The topological polar surface area (TPSA) is 66.0 Å². The molecule has 2 aliphatic heterocycles. The molecule has 3 aliphatic rings. The van der Waals surface area contributed by atoms with Crippen LogP contribution in [0.5, 0.6) is 0 Å². The molecule has 0 radical (unpaired) electrons. The summed E-state index contributed by atoms with van der Waals surface area (Å²) >= 11 is 0. The van der Waals surface area contributed by atoms with Gasteiger partial charge in [0.15, 0.2) is 0 Å². The third-order valence-electron chi connectivity index (χ3n) is 6.80. The third kappa shape index (κ3) is 3.90. The first-order valence-electron chi connectivity index (χ1n) is 10.0. The van der Waals surface area contributed by atoms with Crippen molar-refractivity contribution < 1.29 is 9.63 Å². The number of amides is 1. The summed E-state index contributed by atoms with van der Waals surface area (Å²) in [6.45, 7) is 14.1. The zero-order valence-corrected chi connectivity index (χ0v) is 16.7. The van der Waals surface area contributed by atoms with E-state index in [0.717, 1.165) is 44.5 Å². The Balaban J connectivity index is 1.51. The van der Waals surface area contributed by atoms with Crippen molar-refractivity contribution in [2.45, 2.75) is 71.9 Å². The van der Waals surface area contributed by atoms with Gasteiger partial charge in [-0.15, -0.1) is 0 Å². The van der Waals surface area contributed by atoms with E-state index >= 15 is 0 Å². The van der Waals surface area contributed by atoms with E-state index in [9.17, 15) is 4.79 Å². The number of likely N-dealkylation sites (tertiary alicyclic amines) is 1. The van der Waals surface area contributed by atoms with Gasteiger partial charge in [0.1, 0.15) is 5.84 Å². The van der Waals surface area contributed by atoms with Gasteiger partial charge in [0.25, 0.3) is 0 Å². The van der Waals surface area contributed by atoms with E-state index in [1.54, 1.807) is 0 Å². The minimum absolute atomic E-state index is 0.108. The molecule has 0 aromatic carbocycles. The molecular weight excluding hydrogens is 328 g/mol. The van der Waals surface area contributed by atoms with Crippen molar-refractivity contribution in [1.82, 2.24) is 15.7 Å². The summed E-state index contributed by atoms with van der Waals surface area (Å²) in [6, 6.07) is 0.723. The van der Waals surface area contributed by atoms with Crippen molar-refractivity contribution in [3.05, 3.63) is 12.5 Å². The van der Waals surface area contributed by atoms with Crippen LogP contribution in [0.25, 0.3) is 0 Å². The predicted octanol–water partition coefficient (Wildman–Crippen LogP) is 2.82. The number of carbonyl (C=O) groups is 1. The number of hydroxylamine groups is 1. The molecule has 4 atom stereocenters. The van der Waals surface area contributed by atoms with Crippen molar-refractivity contribution in [2.24, 2.45) is 22.2 Å². The van der Waals surface area contributed by atoms with E-state index in [-0.39, 0.29) is 11.3 Å². The van der Waals surface area contributed by atoms with E-state index in [1.807, 2.05) is 0 Å². The molecule has 1 amide bonds. The molecule has 1 aliphatic carbocycles. The fourth-order valence-corrected chi connectivity index (χ4v) is 4.86. The van der Waals surface area contributed by atoms with Crippen molar-refractivity contribution in [3.63, 3.8) is 0 Å². The van der Waals surface area contributed by atoms with Gasteiger partial charge < -0.3 is 15.1 Å². The number of amidine groups is 1. The Labute approximate surface area is 157 Å². The van der Waals surface area contributed by atoms with Gasteiger partial charge in [0.2, 0.25) is 11.8 Å². The average molecular weight is 363 g/mol. The van der Waals surface area contributed by atoms with Gasteiger partial charge in [0, 0.05) is 25.0 Å². The number of hydrogen-bond acceptors (Lipinski definition) is 5. The van der Waals surface area contributed by atoms with Crippen LogP contribution >= 0.6 is 0 Å². The lowest BCUT2D eigenvalue weighted by molar-refractivity contribution is -0.131. The highest BCUT2D eigenvalue weighted by atomic mass is 16.7. The number of aliphatic imine (C=N–C) groups is 1. The molecule has 26 heavy (non-hydrogen) atoms. The summed E-state index contributed by atoms with van der Waals surface area (Å²) < 4.78 is 0. The second kappa shape index (κ2) is 7.59. The quantitative estimate of drug-likeness (QED) is 0.762. The highest BCUT2D eigenvalue weighted by Gasteiger charge is 2.44. The molecule has 4 unspecified atom stereocenters. The van der Waals surface area contributed by atoms with Crippen LogP contribution in [0, 0.1) is 17.3 Å². The first-order valence-corrected chi connectivity index (χ1v) is 10.0. The minimum Gasteiger partial charge on any atom is -0.361 e. The lowest BCUT2D eigenvalue weighted by Crippen LogP contribution is -2.47. The van der Waals surface area contributed by atoms with Crippen LogP contribution in [0.2, 0.25) is 0 Å². The molecule has 6 heteroatoms. The number of nitrogens with one attached hydrogen (secondary N) is 2. The maximum absolute atomic E-state index is 12.7. The van der Waals surface area contributed by atoms with Crippen LogP contribution in [-0.4, -0.2) is 41.8 Å². The Morgan fingerprint density at radius 3 is 2.85 bits per heavy atom. The maximum Gasteiger partial charge on any atom is 0.240 e.